The van der Waals surface area contributed by atoms with E-state index in [-0.39, 0.29) is 11.9 Å². The SMILES string of the molecule is C=CC(=O)N1CC2CC(n3nc(-c4ccc5nc(Oc6ccccc6)sc5c4)c4c(N)ncnc43)CC2C1. The minimum Gasteiger partial charge on any atom is -0.431 e. The van der Waals surface area contributed by atoms with Gasteiger partial charge in [0.25, 0.3) is 5.19 Å². The van der Waals surface area contributed by atoms with Crippen molar-refractivity contribution in [2.45, 2.75) is 18.9 Å². The number of aromatic nitrogens is 5. The number of rotatable bonds is 5. The summed E-state index contributed by atoms with van der Waals surface area (Å²) in [6.45, 7) is 5.17. The number of benzene rings is 2. The minimum absolute atomic E-state index is 0.0130. The fraction of sp³-hybridized carbons (Fsp3) is 0.250. The zero-order chi connectivity index (χ0) is 25.8. The highest BCUT2D eigenvalue weighted by Crippen LogP contribution is 2.46. The lowest BCUT2D eigenvalue weighted by Crippen LogP contribution is -2.28. The Labute approximate surface area is 222 Å². The largest absolute Gasteiger partial charge is 0.431 e. The number of thiazole rings is 1. The number of carbonyl (C=O) groups excluding carboxylic acids is 1. The van der Waals surface area contributed by atoms with Gasteiger partial charge >= 0.3 is 0 Å². The number of likely N-dealkylation sites (tertiary alicyclic amines) is 1. The second-order valence-corrected chi connectivity index (χ2v) is 10.9. The molecular weight excluding hydrogens is 498 g/mol. The normalized spacial score (nSPS) is 20.7. The van der Waals surface area contributed by atoms with Crippen molar-refractivity contribution < 1.29 is 9.53 Å². The van der Waals surface area contributed by atoms with Crippen molar-refractivity contribution in [1.82, 2.24) is 29.6 Å². The first-order valence-electron chi connectivity index (χ1n) is 12.6. The first-order valence-corrected chi connectivity index (χ1v) is 13.4. The van der Waals surface area contributed by atoms with Gasteiger partial charge in [-0.15, -0.1) is 0 Å². The second kappa shape index (κ2) is 8.91. The molecule has 0 bridgehead atoms. The van der Waals surface area contributed by atoms with Crippen LogP contribution in [0.3, 0.4) is 0 Å². The number of hydrogen-bond acceptors (Lipinski definition) is 8. The summed E-state index contributed by atoms with van der Waals surface area (Å²) in [5.74, 6) is 2.07. The molecule has 2 fully saturated rings. The topological polar surface area (TPSA) is 112 Å². The van der Waals surface area contributed by atoms with Gasteiger partial charge in [-0.3, -0.25) is 4.79 Å². The molecule has 0 radical (unpaired) electrons. The van der Waals surface area contributed by atoms with Crippen molar-refractivity contribution in [3.63, 3.8) is 0 Å². The maximum Gasteiger partial charge on any atom is 0.279 e. The maximum atomic E-state index is 12.1. The molecule has 1 aliphatic heterocycles. The van der Waals surface area contributed by atoms with Gasteiger partial charge in [0, 0.05) is 18.7 Å². The number of para-hydroxylation sites is 1. The summed E-state index contributed by atoms with van der Waals surface area (Å²) in [6, 6.07) is 15.9. The van der Waals surface area contributed by atoms with Crippen LogP contribution in [0.25, 0.3) is 32.5 Å². The van der Waals surface area contributed by atoms with Crippen molar-refractivity contribution >= 4 is 44.3 Å². The summed E-state index contributed by atoms with van der Waals surface area (Å²) < 4.78 is 8.98. The van der Waals surface area contributed by atoms with E-state index < -0.39 is 0 Å². The van der Waals surface area contributed by atoms with Crippen LogP contribution in [0.2, 0.25) is 0 Å². The highest BCUT2D eigenvalue weighted by Gasteiger charge is 2.43. The quantitative estimate of drug-likeness (QED) is 0.320. The Bertz CT molecular complexity index is 1680. The van der Waals surface area contributed by atoms with Crippen molar-refractivity contribution in [3.05, 3.63) is 67.5 Å². The van der Waals surface area contributed by atoms with Crippen molar-refractivity contribution in [2.24, 2.45) is 11.8 Å². The first-order chi connectivity index (χ1) is 18.6. The molecule has 4 heterocycles. The Kier molecular flexibility index (Phi) is 5.36. The highest BCUT2D eigenvalue weighted by molar-refractivity contribution is 7.20. The summed E-state index contributed by atoms with van der Waals surface area (Å²) in [4.78, 5) is 27.5. The standard InChI is InChI=1S/C28H25N7O2S/c1-2-23(36)34-13-17-10-19(11-18(17)14-34)35-27-24(26(29)30-15-31-27)25(33-35)16-8-9-21-22(12-16)38-28(32-21)37-20-6-4-3-5-7-20/h2-9,12,15,17-19H,1,10-11,13-14H2,(H2,29,30,31). The summed E-state index contributed by atoms with van der Waals surface area (Å²) in [6.07, 6.45) is 4.79. The van der Waals surface area contributed by atoms with E-state index in [2.05, 4.69) is 27.6 Å². The number of anilines is 1. The predicted octanol–water partition coefficient (Wildman–Crippen LogP) is 5.07. The van der Waals surface area contributed by atoms with Gasteiger partial charge in [-0.05, 0) is 55.0 Å². The van der Waals surface area contributed by atoms with Gasteiger partial charge in [-0.2, -0.15) is 5.10 Å². The maximum absolute atomic E-state index is 12.1. The predicted molar refractivity (Wildman–Crippen MR) is 147 cm³/mol. The second-order valence-electron chi connectivity index (χ2n) is 9.92. The third kappa shape index (κ3) is 3.79. The van der Waals surface area contributed by atoms with E-state index in [1.165, 1.54) is 23.7 Å². The molecule has 10 heteroatoms. The fourth-order valence-electron chi connectivity index (χ4n) is 5.91. The van der Waals surface area contributed by atoms with E-state index in [9.17, 15) is 4.79 Å². The van der Waals surface area contributed by atoms with Crippen LogP contribution in [0.5, 0.6) is 10.9 Å². The molecule has 9 nitrogen and oxygen atoms in total. The van der Waals surface area contributed by atoms with E-state index in [1.807, 2.05) is 52.0 Å². The molecule has 5 aromatic rings. The average Bonchev–Trinajstić information content (AvgIpc) is 3.69. The molecule has 1 aliphatic carbocycles. The van der Waals surface area contributed by atoms with Crippen LogP contribution in [0, 0.1) is 11.8 Å². The smallest absolute Gasteiger partial charge is 0.279 e. The molecule has 2 unspecified atom stereocenters. The molecule has 1 saturated heterocycles. The lowest BCUT2D eigenvalue weighted by Gasteiger charge is -2.18. The van der Waals surface area contributed by atoms with Gasteiger partial charge in [0.1, 0.15) is 23.6 Å². The summed E-state index contributed by atoms with van der Waals surface area (Å²) in [5, 5.41) is 6.42. The molecule has 2 atom stereocenters. The number of amides is 1. The Hall–Kier alpha value is -4.31. The Balaban J connectivity index is 1.23. The van der Waals surface area contributed by atoms with Gasteiger partial charge in [0.15, 0.2) is 5.65 Å². The number of fused-ring (bicyclic) bond motifs is 3. The minimum atomic E-state index is 0.0130. The van der Waals surface area contributed by atoms with Crippen molar-refractivity contribution in [1.29, 1.82) is 0 Å². The van der Waals surface area contributed by atoms with Gasteiger partial charge < -0.3 is 15.4 Å². The Morgan fingerprint density at radius 1 is 1.11 bits per heavy atom. The lowest BCUT2D eigenvalue weighted by atomic mass is 10.0. The lowest BCUT2D eigenvalue weighted by molar-refractivity contribution is -0.125. The number of nitrogen functional groups attached to an aromatic ring is 1. The monoisotopic (exact) mass is 523 g/mol. The van der Waals surface area contributed by atoms with E-state index in [0.717, 1.165) is 64.2 Å². The number of hydrogen-bond donors (Lipinski definition) is 1. The van der Waals surface area contributed by atoms with Crippen LogP contribution in [-0.2, 0) is 4.79 Å². The van der Waals surface area contributed by atoms with E-state index in [4.69, 9.17) is 15.6 Å². The van der Waals surface area contributed by atoms with E-state index in [1.54, 1.807) is 0 Å². The number of nitrogens with two attached hydrogens (primary N) is 1. The van der Waals surface area contributed by atoms with Crippen LogP contribution >= 0.6 is 11.3 Å². The number of carbonyl (C=O) groups is 1. The summed E-state index contributed by atoms with van der Waals surface area (Å²) >= 11 is 1.49. The molecular formula is C28H25N7O2S. The van der Waals surface area contributed by atoms with E-state index in [0.29, 0.717) is 22.8 Å². The zero-order valence-electron chi connectivity index (χ0n) is 20.5. The molecule has 0 spiro atoms. The first kappa shape index (κ1) is 22.9. The molecule has 2 aromatic carbocycles. The summed E-state index contributed by atoms with van der Waals surface area (Å²) in [7, 11) is 0. The van der Waals surface area contributed by atoms with Gasteiger partial charge in [-0.25, -0.2) is 19.6 Å². The van der Waals surface area contributed by atoms with Crippen LogP contribution in [0.4, 0.5) is 5.82 Å². The van der Waals surface area contributed by atoms with Crippen molar-refractivity contribution in [2.75, 3.05) is 18.8 Å². The molecule has 3 aromatic heterocycles. The number of nitrogens with zero attached hydrogens (tertiary/aromatic N) is 6. The number of ether oxygens (including phenoxy) is 1. The van der Waals surface area contributed by atoms with Crippen LogP contribution in [0.1, 0.15) is 18.9 Å². The summed E-state index contributed by atoms with van der Waals surface area (Å²) in [5.41, 5.74) is 9.68. The van der Waals surface area contributed by atoms with Crippen molar-refractivity contribution in [3.8, 4) is 22.2 Å². The van der Waals surface area contributed by atoms with Gasteiger partial charge in [0.05, 0.1) is 21.6 Å². The molecule has 2 N–H and O–H groups in total. The zero-order valence-corrected chi connectivity index (χ0v) is 21.3. The van der Waals surface area contributed by atoms with Gasteiger partial charge in [0.2, 0.25) is 5.91 Å². The van der Waals surface area contributed by atoms with Crippen LogP contribution in [-0.4, -0.2) is 48.6 Å². The molecule has 7 rings (SSSR count). The molecule has 2 aliphatic rings. The van der Waals surface area contributed by atoms with Crippen LogP contribution < -0.4 is 10.5 Å². The fourth-order valence-corrected chi connectivity index (χ4v) is 6.79. The Morgan fingerprint density at radius 2 is 1.89 bits per heavy atom. The average molecular weight is 524 g/mol. The molecule has 1 saturated carbocycles. The van der Waals surface area contributed by atoms with E-state index >= 15 is 0 Å². The highest BCUT2D eigenvalue weighted by atomic mass is 32.1. The molecule has 38 heavy (non-hydrogen) atoms. The molecule has 1 amide bonds. The van der Waals surface area contributed by atoms with Gasteiger partial charge in [-0.1, -0.05) is 42.2 Å². The third-order valence-corrected chi connectivity index (χ3v) is 8.56. The third-order valence-electron chi connectivity index (χ3n) is 7.67. The molecule has 190 valence electrons. The van der Waals surface area contributed by atoms with Crippen LogP contribution in [0.15, 0.2) is 67.5 Å². The Morgan fingerprint density at radius 3 is 2.66 bits per heavy atom.